The van der Waals surface area contributed by atoms with Crippen molar-refractivity contribution in [3.8, 4) is 11.5 Å². The van der Waals surface area contributed by atoms with Crippen molar-refractivity contribution in [2.24, 2.45) is 0 Å². The van der Waals surface area contributed by atoms with Crippen LogP contribution in [0.25, 0.3) is 0 Å². The van der Waals surface area contributed by atoms with Crippen molar-refractivity contribution in [3.05, 3.63) is 41.3 Å². The van der Waals surface area contributed by atoms with Crippen molar-refractivity contribution in [1.82, 2.24) is 10.1 Å². The monoisotopic (exact) mass is 340 g/mol. The zero-order chi connectivity index (χ0) is 17.3. The number of alkyl halides is 2. The summed E-state index contributed by atoms with van der Waals surface area (Å²) in [5.41, 5.74) is 1.28. The molecule has 0 bridgehead atoms. The molecule has 1 aromatic heterocycles. The Morgan fingerprint density at radius 3 is 2.83 bits per heavy atom. The quantitative estimate of drug-likeness (QED) is 0.832. The van der Waals surface area contributed by atoms with Crippen LogP contribution in [0, 0.1) is 0 Å². The van der Waals surface area contributed by atoms with E-state index in [1.165, 1.54) is 30.4 Å². The lowest BCUT2D eigenvalue weighted by molar-refractivity contribution is -0.286. The molecule has 0 fully saturated rings. The van der Waals surface area contributed by atoms with Crippen molar-refractivity contribution >= 4 is 5.91 Å². The molecule has 2 heterocycles. The number of amides is 1. The fourth-order valence-electron chi connectivity index (χ4n) is 2.32. The standard InChI is InChI=1S/C15H14F2N2O5/c1-19(14(20)10-7-22-18-11(10)8-21-2)6-9-3-4-12-13(5-9)24-15(16,17)23-12/h3-5,7H,6,8H2,1-2H3. The van der Waals surface area contributed by atoms with E-state index in [0.717, 1.165) is 0 Å². The molecule has 2 aromatic rings. The lowest BCUT2D eigenvalue weighted by Gasteiger charge is -2.17. The minimum absolute atomic E-state index is 0.0425. The van der Waals surface area contributed by atoms with E-state index in [4.69, 9.17) is 9.26 Å². The highest BCUT2D eigenvalue weighted by molar-refractivity contribution is 5.94. The van der Waals surface area contributed by atoms with E-state index in [0.29, 0.717) is 11.3 Å². The lowest BCUT2D eigenvalue weighted by atomic mass is 10.1. The minimum atomic E-state index is -3.67. The maximum atomic E-state index is 13.0. The molecular formula is C15H14F2N2O5. The lowest BCUT2D eigenvalue weighted by Crippen LogP contribution is -2.27. The van der Waals surface area contributed by atoms with Gasteiger partial charge in [0.2, 0.25) is 0 Å². The molecule has 128 valence electrons. The van der Waals surface area contributed by atoms with Gasteiger partial charge in [-0.15, -0.1) is 8.78 Å². The zero-order valence-corrected chi connectivity index (χ0v) is 12.9. The van der Waals surface area contributed by atoms with E-state index in [1.54, 1.807) is 13.1 Å². The maximum Gasteiger partial charge on any atom is 0.586 e. The molecule has 9 heteroatoms. The van der Waals surface area contributed by atoms with Gasteiger partial charge in [0.05, 0.1) is 6.61 Å². The third-order valence-corrected chi connectivity index (χ3v) is 3.39. The van der Waals surface area contributed by atoms with Gasteiger partial charge in [0, 0.05) is 20.7 Å². The molecule has 0 spiro atoms. The highest BCUT2D eigenvalue weighted by Gasteiger charge is 2.43. The predicted molar refractivity (Wildman–Crippen MR) is 75.7 cm³/mol. The van der Waals surface area contributed by atoms with Crippen molar-refractivity contribution in [2.75, 3.05) is 14.2 Å². The fraction of sp³-hybridized carbons (Fsp3) is 0.333. The van der Waals surface area contributed by atoms with Gasteiger partial charge in [0.15, 0.2) is 11.5 Å². The molecule has 0 saturated carbocycles. The first-order chi connectivity index (χ1) is 11.4. The van der Waals surface area contributed by atoms with Gasteiger partial charge in [-0.3, -0.25) is 4.79 Å². The van der Waals surface area contributed by atoms with Crippen LogP contribution >= 0.6 is 0 Å². The summed E-state index contributed by atoms with van der Waals surface area (Å²) >= 11 is 0. The molecule has 0 atom stereocenters. The molecule has 1 aliphatic rings. The van der Waals surface area contributed by atoms with Gasteiger partial charge < -0.3 is 23.6 Å². The van der Waals surface area contributed by atoms with E-state index < -0.39 is 6.29 Å². The Hall–Kier alpha value is -2.68. The zero-order valence-electron chi connectivity index (χ0n) is 12.9. The number of hydrogen-bond donors (Lipinski definition) is 0. The van der Waals surface area contributed by atoms with E-state index in [9.17, 15) is 13.6 Å². The average Bonchev–Trinajstić information content (AvgIpc) is 3.08. The Balaban J connectivity index is 1.72. The van der Waals surface area contributed by atoms with Crippen LogP contribution in [0.5, 0.6) is 11.5 Å². The van der Waals surface area contributed by atoms with Crippen LogP contribution in [0.1, 0.15) is 21.6 Å². The average molecular weight is 340 g/mol. The Labute approximate surface area is 135 Å². The fourth-order valence-corrected chi connectivity index (χ4v) is 2.32. The molecular weight excluding hydrogens is 326 g/mol. The number of methoxy groups -OCH3 is 1. The van der Waals surface area contributed by atoms with Gasteiger partial charge in [-0.25, -0.2) is 0 Å². The molecule has 0 unspecified atom stereocenters. The molecule has 24 heavy (non-hydrogen) atoms. The van der Waals surface area contributed by atoms with Crippen LogP contribution in [0.15, 0.2) is 29.0 Å². The highest BCUT2D eigenvalue weighted by Crippen LogP contribution is 2.41. The molecule has 1 aliphatic heterocycles. The predicted octanol–water partition coefficient (Wildman–Crippen LogP) is 2.41. The van der Waals surface area contributed by atoms with E-state index in [1.807, 2.05) is 0 Å². The number of ether oxygens (including phenoxy) is 3. The summed E-state index contributed by atoms with van der Waals surface area (Å²) < 4.78 is 44.5. The van der Waals surface area contributed by atoms with Gasteiger partial charge >= 0.3 is 6.29 Å². The van der Waals surface area contributed by atoms with Crippen molar-refractivity contribution < 1.29 is 32.3 Å². The molecule has 0 aliphatic carbocycles. The van der Waals surface area contributed by atoms with E-state index in [-0.39, 0.29) is 36.1 Å². The SMILES string of the molecule is COCc1nocc1C(=O)N(C)Cc1ccc2c(c1)OC(F)(F)O2. The van der Waals surface area contributed by atoms with Crippen molar-refractivity contribution in [1.29, 1.82) is 0 Å². The number of carbonyl (C=O) groups is 1. The number of carbonyl (C=O) groups excluding carboxylic acids is 1. The van der Waals surface area contributed by atoms with Crippen molar-refractivity contribution in [2.45, 2.75) is 19.4 Å². The van der Waals surface area contributed by atoms with Crippen LogP contribution in [0.2, 0.25) is 0 Å². The van der Waals surface area contributed by atoms with Crippen LogP contribution in [0.3, 0.4) is 0 Å². The van der Waals surface area contributed by atoms with Crippen LogP contribution in [-0.2, 0) is 17.9 Å². The van der Waals surface area contributed by atoms with Crippen LogP contribution in [0.4, 0.5) is 8.78 Å². The second kappa shape index (κ2) is 6.08. The second-order valence-electron chi connectivity index (χ2n) is 5.22. The van der Waals surface area contributed by atoms with Gasteiger partial charge in [-0.1, -0.05) is 11.2 Å². The van der Waals surface area contributed by atoms with Gasteiger partial charge in [0.25, 0.3) is 5.91 Å². The molecule has 3 rings (SSSR count). The van der Waals surface area contributed by atoms with Crippen LogP contribution in [-0.4, -0.2) is 36.4 Å². The number of hydrogen-bond acceptors (Lipinski definition) is 6. The molecule has 1 amide bonds. The van der Waals surface area contributed by atoms with Crippen molar-refractivity contribution in [3.63, 3.8) is 0 Å². The molecule has 7 nitrogen and oxygen atoms in total. The first-order valence-corrected chi connectivity index (χ1v) is 6.96. The Bertz CT molecular complexity index is 762. The van der Waals surface area contributed by atoms with E-state index >= 15 is 0 Å². The molecule has 0 radical (unpaired) electrons. The summed E-state index contributed by atoms with van der Waals surface area (Å²) in [6.45, 7) is 0.323. The number of halogens is 2. The van der Waals surface area contributed by atoms with Crippen LogP contribution < -0.4 is 9.47 Å². The summed E-state index contributed by atoms with van der Waals surface area (Å²) in [6.07, 6.45) is -2.42. The normalized spacial score (nSPS) is 14.7. The van der Waals surface area contributed by atoms with Gasteiger partial charge in [-0.05, 0) is 17.7 Å². The summed E-state index contributed by atoms with van der Waals surface area (Å²) in [4.78, 5) is 13.8. The first-order valence-electron chi connectivity index (χ1n) is 6.96. The second-order valence-corrected chi connectivity index (χ2v) is 5.22. The number of aromatic nitrogens is 1. The largest absolute Gasteiger partial charge is 0.586 e. The summed E-state index contributed by atoms with van der Waals surface area (Å²) in [6, 6.07) is 4.36. The molecule has 0 saturated heterocycles. The molecule has 0 N–H and O–H groups in total. The Kier molecular flexibility index (Phi) is 4.10. The number of benzene rings is 1. The summed E-state index contributed by atoms with van der Waals surface area (Å²) in [7, 11) is 3.06. The third kappa shape index (κ3) is 3.16. The Morgan fingerprint density at radius 2 is 2.08 bits per heavy atom. The number of rotatable bonds is 5. The van der Waals surface area contributed by atoms with Gasteiger partial charge in [0.1, 0.15) is 17.5 Å². The third-order valence-electron chi connectivity index (χ3n) is 3.39. The first kappa shape index (κ1) is 16.2. The Morgan fingerprint density at radius 1 is 1.33 bits per heavy atom. The summed E-state index contributed by atoms with van der Waals surface area (Å²) in [5, 5.41) is 3.71. The maximum absolute atomic E-state index is 13.0. The number of fused-ring (bicyclic) bond motifs is 1. The smallest absolute Gasteiger partial charge is 0.395 e. The van der Waals surface area contributed by atoms with Gasteiger partial charge in [-0.2, -0.15) is 0 Å². The minimum Gasteiger partial charge on any atom is -0.395 e. The highest BCUT2D eigenvalue weighted by atomic mass is 19.3. The van der Waals surface area contributed by atoms with E-state index in [2.05, 4.69) is 14.6 Å². The molecule has 1 aromatic carbocycles. The topological polar surface area (TPSA) is 74.0 Å². The summed E-state index contributed by atoms with van der Waals surface area (Å²) in [5.74, 6) is -0.436. The number of nitrogens with zero attached hydrogens (tertiary/aromatic N) is 2.